The standard InChI is InChI=1S/C19H23NO/c1-14(20-19(21)16-9-3-2-4-10-16)17-13-7-11-15-8-5-6-12-18(15)17/h5-8,11-14,16H,2-4,9-10H2,1H3,(H,20,21)/t14-/m1/s1. The van der Waals surface area contributed by atoms with Gasteiger partial charge >= 0.3 is 0 Å². The van der Waals surface area contributed by atoms with Crippen LogP contribution in [-0.4, -0.2) is 5.91 Å². The minimum atomic E-state index is 0.0607. The molecule has 1 fully saturated rings. The molecule has 1 N–H and O–H groups in total. The topological polar surface area (TPSA) is 29.1 Å². The van der Waals surface area contributed by atoms with Crippen LogP contribution in [-0.2, 0) is 4.79 Å². The van der Waals surface area contributed by atoms with Crippen molar-refractivity contribution in [2.75, 3.05) is 0 Å². The van der Waals surface area contributed by atoms with Crippen molar-refractivity contribution in [1.29, 1.82) is 0 Å². The summed E-state index contributed by atoms with van der Waals surface area (Å²) in [5.74, 6) is 0.450. The first-order chi connectivity index (χ1) is 10.3. The molecule has 0 spiro atoms. The molecule has 2 nitrogen and oxygen atoms in total. The number of carbonyl (C=O) groups excluding carboxylic acids is 1. The zero-order valence-corrected chi connectivity index (χ0v) is 12.6. The van der Waals surface area contributed by atoms with Gasteiger partial charge in [-0.3, -0.25) is 4.79 Å². The first-order valence-corrected chi connectivity index (χ1v) is 8.04. The van der Waals surface area contributed by atoms with Crippen LogP contribution in [0, 0.1) is 5.92 Å². The van der Waals surface area contributed by atoms with Gasteiger partial charge in [-0.1, -0.05) is 61.7 Å². The molecule has 1 atom stereocenters. The predicted molar refractivity (Wildman–Crippen MR) is 87.1 cm³/mol. The monoisotopic (exact) mass is 281 g/mol. The van der Waals surface area contributed by atoms with E-state index in [9.17, 15) is 4.79 Å². The Labute approximate surface area is 126 Å². The molecular formula is C19H23NO. The molecule has 1 aliphatic rings. The van der Waals surface area contributed by atoms with Gasteiger partial charge in [0.1, 0.15) is 0 Å². The number of fused-ring (bicyclic) bond motifs is 1. The van der Waals surface area contributed by atoms with Crippen LogP contribution in [0.2, 0.25) is 0 Å². The Morgan fingerprint density at radius 1 is 1.05 bits per heavy atom. The van der Waals surface area contributed by atoms with Gasteiger partial charge in [0.25, 0.3) is 0 Å². The molecule has 1 amide bonds. The van der Waals surface area contributed by atoms with Crippen LogP contribution in [0.5, 0.6) is 0 Å². The van der Waals surface area contributed by atoms with Gasteiger partial charge in [0.2, 0.25) is 5.91 Å². The van der Waals surface area contributed by atoms with E-state index in [1.165, 1.54) is 35.6 Å². The zero-order chi connectivity index (χ0) is 14.7. The van der Waals surface area contributed by atoms with Gasteiger partial charge in [-0.05, 0) is 36.1 Å². The fourth-order valence-corrected chi connectivity index (χ4v) is 3.40. The molecule has 21 heavy (non-hydrogen) atoms. The maximum absolute atomic E-state index is 12.4. The van der Waals surface area contributed by atoms with Gasteiger partial charge < -0.3 is 5.32 Å². The molecule has 2 heteroatoms. The van der Waals surface area contributed by atoms with Gasteiger partial charge in [0.15, 0.2) is 0 Å². The summed E-state index contributed by atoms with van der Waals surface area (Å²) in [7, 11) is 0. The number of benzene rings is 2. The Morgan fingerprint density at radius 2 is 1.76 bits per heavy atom. The van der Waals surface area contributed by atoms with Crippen molar-refractivity contribution in [3.05, 3.63) is 48.0 Å². The Bertz CT molecular complexity index is 623. The van der Waals surface area contributed by atoms with E-state index in [1.807, 2.05) is 0 Å². The summed E-state index contributed by atoms with van der Waals surface area (Å²) in [6.45, 7) is 2.09. The number of hydrogen-bond donors (Lipinski definition) is 1. The lowest BCUT2D eigenvalue weighted by Crippen LogP contribution is -2.33. The van der Waals surface area contributed by atoms with Crippen LogP contribution >= 0.6 is 0 Å². The molecule has 2 aromatic carbocycles. The Morgan fingerprint density at radius 3 is 2.57 bits per heavy atom. The van der Waals surface area contributed by atoms with Crippen molar-refractivity contribution >= 4 is 16.7 Å². The van der Waals surface area contributed by atoms with Crippen LogP contribution < -0.4 is 5.32 Å². The lowest BCUT2D eigenvalue weighted by Gasteiger charge is -2.24. The van der Waals surface area contributed by atoms with Crippen molar-refractivity contribution in [3.8, 4) is 0 Å². The maximum atomic E-state index is 12.4. The van der Waals surface area contributed by atoms with E-state index in [0.29, 0.717) is 0 Å². The van der Waals surface area contributed by atoms with Crippen LogP contribution in [0.25, 0.3) is 10.8 Å². The Balaban J connectivity index is 1.77. The molecule has 0 bridgehead atoms. The summed E-state index contributed by atoms with van der Waals surface area (Å²) >= 11 is 0. The van der Waals surface area contributed by atoms with Gasteiger partial charge in [0.05, 0.1) is 6.04 Å². The third-order valence-corrected chi connectivity index (χ3v) is 4.62. The van der Waals surface area contributed by atoms with Crippen LogP contribution in [0.15, 0.2) is 42.5 Å². The molecule has 0 radical (unpaired) electrons. The smallest absolute Gasteiger partial charge is 0.223 e. The quantitative estimate of drug-likeness (QED) is 0.875. The lowest BCUT2D eigenvalue weighted by molar-refractivity contribution is -0.126. The summed E-state index contributed by atoms with van der Waals surface area (Å²) in [6.07, 6.45) is 5.77. The Kier molecular flexibility index (Phi) is 4.23. The van der Waals surface area contributed by atoms with E-state index in [1.54, 1.807) is 0 Å². The zero-order valence-electron chi connectivity index (χ0n) is 12.6. The number of carbonyl (C=O) groups is 1. The second-order valence-electron chi connectivity index (χ2n) is 6.13. The number of rotatable bonds is 3. The highest BCUT2D eigenvalue weighted by atomic mass is 16.1. The van der Waals surface area contributed by atoms with Crippen molar-refractivity contribution in [2.24, 2.45) is 5.92 Å². The SMILES string of the molecule is C[C@@H](NC(=O)C1CCCCC1)c1cccc2ccccc12. The van der Waals surface area contributed by atoms with Gasteiger partial charge in [-0.15, -0.1) is 0 Å². The molecule has 0 heterocycles. The molecule has 0 unspecified atom stereocenters. The molecule has 0 aromatic heterocycles. The number of nitrogens with one attached hydrogen (secondary N) is 1. The molecule has 2 aromatic rings. The molecule has 110 valence electrons. The second-order valence-corrected chi connectivity index (χ2v) is 6.13. The Hall–Kier alpha value is -1.83. The van der Waals surface area contributed by atoms with Crippen molar-refractivity contribution < 1.29 is 4.79 Å². The molecular weight excluding hydrogens is 258 g/mol. The van der Waals surface area contributed by atoms with Crippen LogP contribution in [0.1, 0.15) is 50.6 Å². The summed E-state index contributed by atoms with van der Waals surface area (Å²) in [4.78, 5) is 12.4. The minimum Gasteiger partial charge on any atom is -0.349 e. The third kappa shape index (κ3) is 3.10. The average molecular weight is 281 g/mol. The van der Waals surface area contributed by atoms with E-state index in [-0.39, 0.29) is 17.9 Å². The molecule has 0 aliphatic heterocycles. The normalized spacial score (nSPS) is 17.6. The first-order valence-electron chi connectivity index (χ1n) is 8.04. The van der Waals surface area contributed by atoms with Gasteiger partial charge in [0, 0.05) is 5.92 Å². The molecule has 1 saturated carbocycles. The maximum Gasteiger partial charge on any atom is 0.223 e. The highest BCUT2D eigenvalue weighted by molar-refractivity contribution is 5.87. The van der Waals surface area contributed by atoms with E-state index >= 15 is 0 Å². The fraction of sp³-hybridized carbons (Fsp3) is 0.421. The van der Waals surface area contributed by atoms with Crippen molar-refractivity contribution in [1.82, 2.24) is 5.32 Å². The highest BCUT2D eigenvalue weighted by Crippen LogP contribution is 2.27. The summed E-state index contributed by atoms with van der Waals surface area (Å²) in [5, 5.41) is 5.68. The van der Waals surface area contributed by atoms with E-state index in [4.69, 9.17) is 0 Å². The fourth-order valence-electron chi connectivity index (χ4n) is 3.40. The van der Waals surface area contributed by atoms with E-state index in [0.717, 1.165) is 12.8 Å². The summed E-state index contributed by atoms with van der Waals surface area (Å²) in [5.41, 5.74) is 1.21. The molecule has 3 rings (SSSR count). The first kappa shape index (κ1) is 14.1. The van der Waals surface area contributed by atoms with Crippen LogP contribution in [0.3, 0.4) is 0 Å². The summed E-state index contributed by atoms with van der Waals surface area (Å²) in [6, 6.07) is 14.7. The van der Waals surface area contributed by atoms with Gasteiger partial charge in [-0.2, -0.15) is 0 Å². The molecule has 0 saturated heterocycles. The predicted octanol–water partition coefficient (Wildman–Crippen LogP) is 4.60. The number of hydrogen-bond acceptors (Lipinski definition) is 1. The van der Waals surface area contributed by atoms with Crippen molar-refractivity contribution in [2.45, 2.75) is 45.1 Å². The van der Waals surface area contributed by atoms with E-state index < -0.39 is 0 Å². The second kappa shape index (κ2) is 6.30. The molecule has 1 aliphatic carbocycles. The third-order valence-electron chi connectivity index (χ3n) is 4.62. The van der Waals surface area contributed by atoms with Gasteiger partial charge in [-0.25, -0.2) is 0 Å². The van der Waals surface area contributed by atoms with E-state index in [2.05, 4.69) is 54.7 Å². The number of amides is 1. The summed E-state index contributed by atoms with van der Waals surface area (Å²) < 4.78 is 0. The van der Waals surface area contributed by atoms with Crippen molar-refractivity contribution in [3.63, 3.8) is 0 Å². The largest absolute Gasteiger partial charge is 0.349 e. The minimum absolute atomic E-state index is 0.0607. The van der Waals surface area contributed by atoms with Crippen LogP contribution in [0.4, 0.5) is 0 Å². The lowest BCUT2D eigenvalue weighted by atomic mass is 9.88. The highest BCUT2D eigenvalue weighted by Gasteiger charge is 2.22. The average Bonchev–Trinajstić information content (AvgIpc) is 2.55.